The van der Waals surface area contributed by atoms with Gasteiger partial charge in [0.2, 0.25) is 15.9 Å². The van der Waals surface area contributed by atoms with Crippen LogP contribution in [0.1, 0.15) is 32.6 Å². The fraction of sp³-hybridized carbons (Fsp3) is 0.955. The molecule has 0 aromatic heterocycles. The molecule has 4 aliphatic heterocycles. The van der Waals surface area contributed by atoms with E-state index < -0.39 is 20.7 Å². The molecule has 200 valence electrons. The number of hydrogen-bond acceptors (Lipinski definition) is 10. The summed E-state index contributed by atoms with van der Waals surface area (Å²) in [6, 6.07) is 0.162. The molecule has 1 aliphatic carbocycles. The number of likely N-dealkylation sites (tertiary alicyclic amines) is 1. The molecule has 4 heterocycles. The summed E-state index contributed by atoms with van der Waals surface area (Å²) in [6.45, 7) is 5.85. The topological polar surface area (TPSA) is 144 Å². The van der Waals surface area contributed by atoms with Gasteiger partial charge in [-0.3, -0.25) is 20.5 Å². The van der Waals surface area contributed by atoms with Gasteiger partial charge in [-0.15, -0.1) is 0 Å². The second kappa shape index (κ2) is 9.76. The van der Waals surface area contributed by atoms with Crippen LogP contribution in [0.15, 0.2) is 0 Å². The zero-order chi connectivity index (χ0) is 25.0. The number of hydrazine groups is 2. The van der Waals surface area contributed by atoms with Crippen molar-refractivity contribution in [2.75, 3.05) is 53.4 Å². The SMILES string of the molecule is COC1CCC2CNN(C)C2C1NS(=O)(=O)C1CNN(C2CC(N3CC(C)(C(N)=O)C3)CCN2)C1. The molecule has 5 aliphatic rings. The number of nitrogens with one attached hydrogen (secondary N) is 4. The Balaban J connectivity index is 1.19. The van der Waals surface area contributed by atoms with E-state index in [9.17, 15) is 13.2 Å². The van der Waals surface area contributed by atoms with Crippen molar-refractivity contribution in [1.82, 2.24) is 35.8 Å². The summed E-state index contributed by atoms with van der Waals surface area (Å²) < 4.78 is 35.8. The van der Waals surface area contributed by atoms with E-state index in [0.29, 0.717) is 38.1 Å². The predicted octanol–water partition coefficient (Wildman–Crippen LogP) is -2.41. The number of rotatable bonds is 7. The first-order valence-corrected chi connectivity index (χ1v) is 14.4. The van der Waals surface area contributed by atoms with Crippen molar-refractivity contribution in [2.45, 2.75) is 68.3 Å². The van der Waals surface area contributed by atoms with Crippen molar-refractivity contribution in [3.8, 4) is 0 Å². The van der Waals surface area contributed by atoms with E-state index in [1.165, 1.54) is 0 Å². The number of methoxy groups -OCH3 is 1. The molecule has 5 rings (SSSR count). The molecule has 0 spiro atoms. The van der Waals surface area contributed by atoms with Crippen LogP contribution in [0.3, 0.4) is 0 Å². The molecule has 35 heavy (non-hydrogen) atoms. The minimum atomic E-state index is -3.56. The minimum absolute atomic E-state index is 0.0466. The molecular weight excluding hydrogens is 472 g/mol. The molecule has 1 saturated carbocycles. The summed E-state index contributed by atoms with van der Waals surface area (Å²) in [5.41, 5.74) is 11.8. The van der Waals surface area contributed by atoms with Crippen molar-refractivity contribution >= 4 is 15.9 Å². The van der Waals surface area contributed by atoms with Gasteiger partial charge in [0.05, 0.1) is 23.7 Å². The number of carbonyl (C=O) groups is 1. The second-order valence-corrected chi connectivity index (χ2v) is 13.4. The van der Waals surface area contributed by atoms with Crippen LogP contribution < -0.4 is 26.6 Å². The molecule has 0 aromatic rings. The van der Waals surface area contributed by atoms with Crippen LogP contribution in [0, 0.1) is 11.3 Å². The Morgan fingerprint density at radius 3 is 2.66 bits per heavy atom. The van der Waals surface area contributed by atoms with Gasteiger partial charge in [0.15, 0.2) is 0 Å². The van der Waals surface area contributed by atoms with Gasteiger partial charge in [-0.25, -0.2) is 23.2 Å². The summed E-state index contributed by atoms with van der Waals surface area (Å²) in [7, 11) is 0.0910. The van der Waals surface area contributed by atoms with E-state index in [2.05, 4.69) is 25.8 Å². The number of nitrogens with two attached hydrogens (primary N) is 1. The van der Waals surface area contributed by atoms with Crippen LogP contribution in [0.5, 0.6) is 0 Å². The zero-order valence-electron chi connectivity index (χ0n) is 21.1. The number of piperidine rings is 1. The number of nitrogens with zero attached hydrogens (tertiary/aromatic N) is 3. The zero-order valence-corrected chi connectivity index (χ0v) is 21.9. The van der Waals surface area contributed by atoms with Gasteiger partial charge in [-0.1, -0.05) is 0 Å². The Bertz CT molecular complexity index is 900. The van der Waals surface area contributed by atoms with Gasteiger partial charge in [0.25, 0.3) is 0 Å². The molecule has 6 N–H and O–H groups in total. The highest BCUT2D eigenvalue weighted by atomic mass is 32.2. The minimum Gasteiger partial charge on any atom is -0.380 e. The molecule has 0 radical (unpaired) electrons. The predicted molar refractivity (Wildman–Crippen MR) is 131 cm³/mol. The number of fused-ring (bicyclic) bond motifs is 1. The van der Waals surface area contributed by atoms with Gasteiger partial charge in [-0.05, 0) is 45.1 Å². The number of sulfonamides is 1. The van der Waals surface area contributed by atoms with Gasteiger partial charge in [-0.2, -0.15) is 0 Å². The van der Waals surface area contributed by atoms with E-state index in [1.54, 1.807) is 7.11 Å². The van der Waals surface area contributed by atoms with Gasteiger partial charge >= 0.3 is 0 Å². The summed E-state index contributed by atoms with van der Waals surface area (Å²) in [5.74, 6) is 0.180. The van der Waals surface area contributed by atoms with Crippen LogP contribution >= 0.6 is 0 Å². The highest BCUT2D eigenvalue weighted by Gasteiger charge is 2.50. The molecule has 7 unspecified atom stereocenters. The van der Waals surface area contributed by atoms with Crippen molar-refractivity contribution < 1.29 is 17.9 Å². The first-order valence-electron chi connectivity index (χ1n) is 12.9. The molecular formula is C22H42N8O4S. The van der Waals surface area contributed by atoms with E-state index in [0.717, 1.165) is 38.8 Å². The molecule has 0 aromatic carbocycles. The molecule has 5 fully saturated rings. The summed E-state index contributed by atoms with van der Waals surface area (Å²) in [4.78, 5) is 14.0. The molecule has 12 nitrogen and oxygen atoms in total. The van der Waals surface area contributed by atoms with Gasteiger partial charge in [0, 0.05) is 59.0 Å². The number of ether oxygens (including phenoxy) is 1. The Labute approximate surface area is 208 Å². The summed E-state index contributed by atoms with van der Waals surface area (Å²) in [5, 5.41) is 7.09. The quantitative estimate of drug-likeness (QED) is 0.249. The van der Waals surface area contributed by atoms with E-state index >= 15 is 0 Å². The third kappa shape index (κ3) is 4.87. The number of hydrogen-bond donors (Lipinski definition) is 5. The number of primary amides is 1. The lowest BCUT2D eigenvalue weighted by Gasteiger charge is -2.52. The van der Waals surface area contributed by atoms with E-state index in [4.69, 9.17) is 10.5 Å². The molecule has 13 heteroatoms. The van der Waals surface area contributed by atoms with Crippen molar-refractivity contribution in [3.05, 3.63) is 0 Å². The van der Waals surface area contributed by atoms with Crippen molar-refractivity contribution in [2.24, 2.45) is 17.1 Å². The standard InChI is InChI=1S/C22H42N8O4S/c1-22(21(23)31)12-29(13-22)15-6-7-24-18(8-15)30-11-16(10-26-30)35(32,33)27-19-17(34-3)5-4-14-9-25-28(2)20(14)19/h14-20,24-27H,4-13H2,1-3H3,(H2,23,31). The average Bonchev–Trinajstić information content (AvgIpc) is 3.45. The van der Waals surface area contributed by atoms with Crippen molar-refractivity contribution in [3.63, 3.8) is 0 Å². The van der Waals surface area contributed by atoms with Crippen LogP contribution in [-0.4, -0.2) is 118 Å². The Kier molecular flexibility index (Phi) is 7.18. The molecule has 4 saturated heterocycles. The summed E-state index contributed by atoms with van der Waals surface area (Å²) in [6.07, 6.45) is 3.67. The highest BCUT2D eigenvalue weighted by molar-refractivity contribution is 7.90. The maximum atomic E-state index is 13.5. The Morgan fingerprint density at radius 1 is 1.17 bits per heavy atom. The summed E-state index contributed by atoms with van der Waals surface area (Å²) >= 11 is 0. The monoisotopic (exact) mass is 514 g/mol. The van der Waals surface area contributed by atoms with Gasteiger partial charge < -0.3 is 15.8 Å². The third-order valence-electron chi connectivity index (χ3n) is 9.03. The third-order valence-corrected chi connectivity index (χ3v) is 10.8. The fourth-order valence-corrected chi connectivity index (χ4v) is 8.32. The molecule has 1 amide bonds. The first-order chi connectivity index (χ1) is 16.6. The van der Waals surface area contributed by atoms with Crippen LogP contribution in [0.2, 0.25) is 0 Å². The van der Waals surface area contributed by atoms with Crippen LogP contribution in [0.4, 0.5) is 0 Å². The average molecular weight is 515 g/mol. The number of carbonyl (C=O) groups excluding carboxylic acids is 1. The van der Waals surface area contributed by atoms with E-state index in [1.807, 2.05) is 24.0 Å². The smallest absolute Gasteiger partial charge is 0.225 e. The van der Waals surface area contributed by atoms with Crippen LogP contribution in [0.25, 0.3) is 0 Å². The molecule has 7 atom stereocenters. The largest absolute Gasteiger partial charge is 0.380 e. The Hall–Kier alpha value is -0.900. The fourth-order valence-electron chi connectivity index (χ4n) is 6.81. The Morgan fingerprint density at radius 2 is 1.94 bits per heavy atom. The lowest BCUT2D eigenvalue weighted by molar-refractivity contribution is -0.140. The first kappa shape index (κ1) is 25.7. The van der Waals surface area contributed by atoms with Crippen molar-refractivity contribution in [1.29, 1.82) is 0 Å². The maximum absolute atomic E-state index is 13.5. The normalized spacial score (nSPS) is 40.9. The maximum Gasteiger partial charge on any atom is 0.225 e. The number of amides is 1. The van der Waals surface area contributed by atoms with Gasteiger partial charge in [0.1, 0.15) is 5.25 Å². The highest BCUT2D eigenvalue weighted by Crippen LogP contribution is 2.35. The van der Waals surface area contributed by atoms with E-state index in [-0.39, 0.29) is 30.3 Å². The lowest BCUT2D eigenvalue weighted by Crippen LogP contribution is -2.66. The molecule has 0 bridgehead atoms. The second-order valence-electron chi connectivity index (χ2n) is 11.4. The number of likely N-dealkylation sites (N-methyl/N-ethyl adjacent to an activating group) is 1. The van der Waals surface area contributed by atoms with Crippen LogP contribution in [-0.2, 0) is 19.6 Å². The lowest BCUT2D eigenvalue weighted by atomic mass is 9.79.